The SMILES string of the molecule is c1ccc(-c2cccc(N(c3ccccc3)c3ccc4c5c(ccc4c3)-c3c(c4ccc(N(c6ccccc6)c6cccc(-c7ccccc7)c6)cc4c4ccccc34)C53c4ccccc4-c4ccccc43)c2)cc1. The number of hydrogen-bond donors (Lipinski definition) is 0. The quantitative estimate of drug-likeness (QED) is 0.140. The monoisotopic (exact) mass is 952 g/mol. The van der Waals surface area contributed by atoms with Crippen molar-refractivity contribution in [1.29, 1.82) is 0 Å². The molecule has 0 N–H and O–H groups in total. The van der Waals surface area contributed by atoms with Gasteiger partial charge in [0.25, 0.3) is 0 Å². The van der Waals surface area contributed by atoms with Crippen LogP contribution in [-0.4, -0.2) is 0 Å². The fourth-order valence-electron chi connectivity index (χ4n) is 12.9. The van der Waals surface area contributed by atoms with Crippen LogP contribution in [0.4, 0.5) is 34.1 Å². The average Bonchev–Trinajstić information content (AvgIpc) is 3.99. The van der Waals surface area contributed by atoms with E-state index in [9.17, 15) is 0 Å². The summed E-state index contributed by atoms with van der Waals surface area (Å²) in [5.74, 6) is 0. The van der Waals surface area contributed by atoms with Crippen LogP contribution in [0.5, 0.6) is 0 Å². The Morgan fingerprint density at radius 2 is 0.667 bits per heavy atom. The van der Waals surface area contributed by atoms with E-state index in [0.29, 0.717) is 0 Å². The molecule has 0 fully saturated rings. The molecule has 2 aliphatic carbocycles. The van der Waals surface area contributed by atoms with Gasteiger partial charge in [-0.25, -0.2) is 0 Å². The lowest BCUT2D eigenvalue weighted by molar-refractivity contribution is 0.809. The molecule has 0 aromatic heterocycles. The predicted octanol–water partition coefficient (Wildman–Crippen LogP) is 19.8. The Kier molecular flexibility index (Phi) is 9.83. The van der Waals surface area contributed by atoms with Crippen LogP contribution in [0.1, 0.15) is 22.3 Å². The zero-order valence-electron chi connectivity index (χ0n) is 41.1. The summed E-state index contributed by atoms with van der Waals surface area (Å²) >= 11 is 0. The standard InChI is InChI=1S/C73H48N2/c1-5-21-49(22-6-1)51-25-19-31-56(45-51)74(54-27-9-3-10-28-54)58-40-43-60-53(47-58)39-42-66-70-64-36-14-13-33-61(64)67-48-59(75(55-29-11-4-12-30-55)57-32-20-26-52(46-57)50-23-7-2-8-24-50)41-44-65(67)72(70)73(71(60)66)68-37-17-15-34-62(68)63-35-16-18-38-69(63)73/h1-48H. The highest BCUT2D eigenvalue weighted by atomic mass is 15.1. The maximum atomic E-state index is 2.46. The molecule has 2 nitrogen and oxygen atoms in total. The molecular formula is C73H48N2. The van der Waals surface area contributed by atoms with Gasteiger partial charge in [0, 0.05) is 34.1 Å². The van der Waals surface area contributed by atoms with Crippen molar-refractivity contribution >= 4 is 66.4 Å². The first kappa shape index (κ1) is 42.9. The minimum atomic E-state index is -0.616. The van der Waals surface area contributed by atoms with Crippen LogP contribution >= 0.6 is 0 Å². The van der Waals surface area contributed by atoms with Crippen molar-refractivity contribution in [2.75, 3.05) is 9.80 Å². The van der Waals surface area contributed by atoms with Crippen molar-refractivity contribution in [2.45, 2.75) is 5.41 Å². The van der Waals surface area contributed by atoms with Gasteiger partial charge in [-0.2, -0.15) is 0 Å². The number of anilines is 6. The van der Waals surface area contributed by atoms with Crippen LogP contribution in [0, 0.1) is 0 Å². The molecular weight excluding hydrogens is 905 g/mol. The van der Waals surface area contributed by atoms with Gasteiger partial charge in [-0.3, -0.25) is 0 Å². The first-order valence-corrected chi connectivity index (χ1v) is 26.0. The lowest BCUT2D eigenvalue weighted by atomic mass is 9.68. The van der Waals surface area contributed by atoms with Gasteiger partial charge in [-0.1, -0.05) is 218 Å². The third-order valence-electron chi connectivity index (χ3n) is 16.0. The van der Waals surface area contributed by atoms with Crippen LogP contribution in [0.25, 0.3) is 76.8 Å². The molecule has 0 unspecified atom stereocenters. The highest BCUT2D eigenvalue weighted by Gasteiger charge is 2.53. The molecule has 15 rings (SSSR count). The Hall–Kier alpha value is -9.76. The molecule has 0 radical (unpaired) electrons. The summed E-state index contributed by atoms with van der Waals surface area (Å²) in [5, 5.41) is 7.46. The normalized spacial score (nSPS) is 12.6. The molecule has 0 heterocycles. The van der Waals surface area contributed by atoms with Crippen LogP contribution in [0.15, 0.2) is 291 Å². The number of hydrogen-bond acceptors (Lipinski definition) is 2. The summed E-state index contributed by atoms with van der Waals surface area (Å²) in [4.78, 5) is 4.82. The van der Waals surface area contributed by atoms with Crippen molar-refractivity contribution in [1.82, 2.24) is 0 Å². The van der Waals surface area contributed by atoms with Crippen LogP contribution in [0.2, 0.25) is 0 Å². The number of fused-ring (bicyclic) bond motifs is 17. The van der Waals surface area contributed by atoms with Crippen molar-refractivity contribution in [3.05, 3.63) is 313 Å². The zero-order valence-corrected chi connectivity index (χ0v) is 41.1. The minimum absolute atomic E-state index is 0.616. The Balaban J connectivity index is 0.986. The predicted molar refractivity (Wildman–Crippen MR) is 315 cm³/mol. The zero-order chi connectivity index (χ0) is 49.5. The van der Waals surface area contributed by atoms with E-state index < -0.39 is 5.41 Å². The molecule has 13 aromatic rings. The van der Waals surface area contributed by atoms with E-state index in [-0.39, 0.29) is 0 Å². The number of nitrogens with zero attached hydrogens (tertiary/aromatic N) is 2. The minimum Gasteiger partial charge on any atom is -0.310 e. The van der Waals surface area contributed by atoms with Crippen LogP contribution in [-0.2, 0) is 5.41 Å². The van der Waals surface area contributed by atoms with E-state index in [1.165, 1.54) is 99.1 Å². The van der Waals surface area contributed by atoms with E-state index >= 15 is 0 Å². The molecule has 2 aliphatic rings. The van der Waals surface area contributed by atoms with E-state index in [1.807, 2.05) is 0 Å². The molecule has 0 aliphatic heterocycles. The molecule has 0 saturated heterocycles. The third-order valence-corrected chi connectivity index (χ3v) is 16.0. The molecule has 13 aromatic carbocycles. The third kappa shape index (κ3) is 6.60. The first-order valence-electron chi connectivity index (χ1n) is 26.0. The fraction of sp³-hybridized carbons (Fsp3) is 0.0137. The maximum Gasteiger partial charge on any atom is 0.0737 e. The second-order valence-corrected chi connectivity index (χ2v) is 19.9. The van der Waals surface area contributed by atoms with E-state index in [1.54, 1.807) is 0 Å². The van der Waals surface area contributed by atoms with E-state index in [0.717, 1.165) is 34.1 Å². The van der Waals surface area contributed by atoms with Crippen molar-refractivity contribution in [2.24, 2.45) is 0 Å². The van der Waals surface area contributed by atoms with Gasteiger partial charge in [0.15, 0.2) is 0 Å². The summed E-state index contributed by atoms with van der Waals surface area (Å²) in [5.41, 5.74) is 21.3. The van der Waals surface area contributed by atoms with Gasteiger partial charge in [0.2, 0.25) is 0 Å². The maximum absolute atomic E-state index is 2.46. The molecule has 0 saturated carbocycles. The topological polar surface area (TPSA) is 6.48 Å². The largest absolute Gasteiger partial charge is 0.310 e. The number of rotatable bonds is 8. The van der Waals surface area contributed by atoms with Crippen LogP contribution < -0.4 is 9.80 Å². The second-order valence-electron chi connectivity index (χ2n) is 19.9. The smallest absolute Gasteiger partial charge is 0.0737 e. The Morgan fingerprint density at radius 1 is 0.227 bits per heavy atom. The summed E-state index contributed by atoms with van der Waals surface area (Å²) in [7, 11) is 0. The summed E-state index contributed by atoms with van der Waals surface area (Å²) < 4.78 is 0. The fourth-order valence-corrected chi connectivity index (χ4v) is 12.9. The van der Waals surface area contributed by atoms with Gasteiger partial charge in [0.1, 0.15) is 0 Å². The lowest BCUT2D eigenvalue weighted by Gasteiger charge is -2.33. The average molecular weight is 953 g/mol. The summed E-state index contributed by atoms with van der Waals surface area (Å²) in [6.07, 6.45) is 0. The highest BCUT2D eigenvalue weighted by Crippen LogP contribution is 2.67. The summed E-state index contributed by atoms with van der Waals surface area (Å²) in [6.45, 7) is 0. The molecule has 350 valence electrons. The van der Waals surface area contributed by atoms with Gasteiger partial charge < -0.3 is 9.80 Å². The van der Waals surface area contributed by atoms with Gasteiger partial charge in [-0.05, 0) is 172 Å². The van der Waals surface area contributed by atoms with Crippen LogP contribution in [0.3, 0.4) is 0 Å². The molecule has 1 spiro atoms. The highest BCUT2D eigenvalue weighted by molar-refractivity contribution is 6.22. The molecule has 0 bridgehead atoms. The van der Waals surface area contributed by atoms with Gasteiger partial charge in [-0.15, -0.1) is 0 Å². The second kappa shape index (κ2) is 17.2. The molecule has 0 amide bonds. The van der Waals surface area contributed by atoms with Crippen molar-refractivity contribution in [3.8, 4) is 44.5 Å². The Labute approximate surface area is 437 Å². The molecule has 2 heteroatoms. The molecule has 75 heavy (non-hydrogen) atoms. The number of benzene rings is 13. The van der Waals surface area contributed by atoms with Gasteiger partial charge in [0.05, 0.1) is 5.41 Å². The van der Waals surface area contributed by atoms with Gasteiger partial charge >= 0.3 is 0 Å². The van der Waals surface area contributed by atoms with E-state index in [2.05, 4.69) is 301 Å². The Bertz CT molecular complexity index is 4310. The molecule has 0 atom stereocenters. The number of para-hydroxylation sites is 2. The first-order chi connectivity index (χ1) is 37.2. The van der Waals surface area contributed by atoms with Crippen molar-refractivity contribution in [3.63, 3.8) is 0 Å². The van der Waals surface area contributed by atoms with Crippen molar-refractivity contribution < 1.29 is 0 Å². The summed E-state index contributed by atoms with van der Waals surface area (Å²) in [6, 6.07) is 108. The Morgan fingerprint density at radius 3 is 1.24 bits per heavy atom. The lowest BCUT2D eigenvalue weighted by Crippen LogP contribution is -2.26. The van der Waals surface area contributed by atoms with E-state index in [4.69, 9.17) is 0 Å².